The van der Waals surface area contributed by atoms with Crippen LogP contribution in [0.15, 0.2) is 24.9 Å². The van der Waals surface area contributed by atoms with Crippen LogP contribution < -0.4 is 0 Å². The molecule has 0 aliphatic rings. The summed E-state index contributed by atoms with van der Waals surface area (Å²) < 4.78 is 4.93. The van der Waals surface area contributed by atoms with Crippen molar-refractivity contribution in [3.63, 3.8) is 0 Å². The van der Waals surface area contributed by atoms with Gasteiger partial charge >= 0.3 is 6.09 Å². The molecule has 0 rings (SSSR count). The van der Waals surface area contributed by atoms with Gasteiger partial charge < -0.3 is 4.74 Å². The summed E-state index contributed by atoms with van der Waals surface area (Å²) in [5.41, 5.74) is 0.729. The van der Waals surface area contributed by atoms with E-state index >= 15 is 0 Å². The van der Waals surface area contributed by atoms with Gasteiger partial charge in [-0.05, 0) is 33.1 Å². The predicted molar refractivity (Wildman–Crippen MR) is 62.6 cm³/mol. The zero-order valence-electron chi connectivity index (χ0n) is 9.79. The lowest BCUT2D eigenvalue weighted by Gasteiger charge is -2.21. The molecule has 0 N–H and O–H groups in total. The van der Waals surface area contributed by atoms with Gasteiger partial charge in [0.2, 0.25) is 0 Å². The first kappa shape index (κ1) is 13.8. The van der Waals surface area contributed by atoms with E-state index in [1.54, 1.807) is 11.8 Å². The van der Waals surface area contributed by atoms with E-state index < -0.39 is 0 Å². The molecule has 0 aromatic heterocycles. The molecule has 0 spiro atoms. The van der Waals surface area contributed by atoms with Gasteiger partial charge in [-0.25, -0.2) is 4.79 Å². The van der Waals surface area contributed by atoms with E-state index in [-0.39, 0.29) is 6.09 Å². The fraction of sp³-hybridized carbons (Fsp3) is 0.583. The highest BCUT2D eigenvalue weighted by molar-refractivity contribution is 5.69. The topological polar surface area (TPSA) is 29.5 Å². The Labute approximate surface area is 92.4 Å². The molecule has 0 aromatic carbocycles. The first-order chi connectivity index (χ1) is 7.13. The second-order valence-corrected chi connectivity index (χ2v) is 3.37. The molecule has 0 unspecified atom stereocenters. The molecule has 3 nitrogen and oxygen atoms in total. The second kappa shape index (κ2) is 8.09. The van der Waals surface area contributed by atoms with Gasteiger partial charge in [0.1, 0.15) is 0 Å². The standard InChI is InChI=1S/C12H21NO2/c1-5-7-8-9-10-13(11(3)4)12(14)15-6-2/h5H,1,3,6-10H2,2,4H3. The smallest absolute Gasteiger partial charge is 0.413 e. The summed E-state index contributed by atoms with van der Waals surface area (Å²) in [6.07, 6.45) is 4.54. The van der Waals surface area contributed by atoms with Crippen molar-refractivity contribution < 1.29 is 9.53 Å². The molecule has 0 fully saturated rings. The molecule has 1 amide bonds. The number of amides is 1. The highest BCUT2D eigenvalue weighted by Gasteiger charge is 2.13. The third kappa shape index (κ3) is 5.94. The summed E-state index contributed by atoms with van der Waals surface area (Å²) >= 11 is 0. The van der Waals surface area contributed by atoms with Crippen LogP contribution in [0.4, 0.5) is 4.79 Å². The van der Waals surface area contributed by atoms with E-state index in [0.29, 0.717) is 13.2 Å². The summed E-state index contributed by atoms with van der Waals surface area (Å²) in [6.45, 7) is 12.1. The van der Waals surface area contributed by atoms with E-state index in [1.165, 1.54) is 0 Å². The molecule has 0 atom stereocenters. The summed E-state index contributed by atoms with van der Waals surface area (Å²) in [4.78, 5) is 13.0. The number of allylic oxidation sites excluding steroid dienone is 2. The number of ether oxygens (including phenoxy) is 1. The van der Waals surface area contributed by atoms with Gasteiger partial charge in [0.05, 0.1) is 6.61 Å². The molecule has 0 bridgehead atoms. The largest absolute Gasteiger partial charge is 0.449 e. The monoisotopic (exact) mass is 211 g/mol. The summed E-state index contributed by atoms with van der Waals surface area (Å²) in [5, 5.41) is 0. The molecule has 3 heteroatoms. The maximum Gasteiger partial charge on any atom is 0.413 e. The van der Waals surface area contributed by atoms with Crippen LogP contribution in [-0.4, -0.2) is 24.1 Å². The number of hydrogen-bond donors (Lipinski definition) is 0. The third-order valence-electron chi connectivity index (χ3n) is 1.99. The number of hydrogen-bond acceptors (Lipinski definition) is 2. The number of carbonyl (C=O) groups is 1. The molecule has 0 radical (unpaired) electrons. The quantitative estimate of drug-likeness (QED) is 0.477. The van der Waals surface area contributed by atoms with E-state index in [9.17, 15) is 4.79 Å². The molecule has 0 saturated carbocycles. The van der Waals surface area contributed by atoms with Crippen molar-refractivity contribution in [1.82, 2.24) is 4.90 Å². The number of carbonyl (C=O) groups excluding carboxylic acids is 1. The third-order valence-corrected chi connectivity index (χ3v) is 1.99. The lowest BCUT2D eigenvalue weighted by molar-refractivity contribution is 0.118. The van der Waals surface area contributed by atoms with Gasteiger partial charge in [-0.15, -0.1) is 6.58 Å². The predicted octanol–water partition coefficient (Wildman–Crippen LogP) is 3.33. The Morgan fingerprint density at radius 3 is 2.60 bits per heavy atom. The van der Waals surface area contributed by atoms with Crippen LogP contribution in [0.3, 0.4) is 0 Å². The van der Waals surface area contributed by atoms with Gasteiger partial charge in [0.15, 0.2) is 0 Å². The summed E-state index contributed by atoms with van der Waals surface area (Å²) in [7, 11) is 0. The maximum atomic E-state index is 11.5. The lowest BCUT2D eigenvalue weighted by atomic mass is 10.2. The van der Waals surface area contributed by atoms with Crippen LogP contribution in [0, 0.1) is 0 Å². The van der Waals surface area contributed by atoms with Crippen LogP contribution in [0.2, 0.25) is 0 Å². The van der Waals surface area contributed by atoms with Crippen molar-refractivity contribution in [3.8, 4) is 0 Å². The molecular weight excluding hydrogens is 190 g/mol. The maximum absolute atomic E-state index is 11.5. The van der Waals surface area contributed by atoms with Gasteiger partial charge in [-0.3, -0.25) is 4.90 Å². The van der Waals surface area contributed by atoms with Gasteiger partial charge in [-0.1, -0.05) is 12.7 Å². The Hall–Kier alpha value is -1.25. The molecular formula is C12H21NO2. The van der Waals surface area contributed by atoms with Crippen molar-refractivity contribution in [3.05, 3.63) is 24.9 Å². The van der Waals surface area contributed by atoms with Crippen molar-refractivity contribution in [2.24, 2.45) is 0 Å². The van der Waals surface area contributed by atoms with E-state index in [1.807, 2.05) is 13.0 Å². The summed E-state index contributed by atoms with van der Waals surface area (Å²) in [6, 6.07) is 0. The Bertz CT molecular complexity index is 224. The first-order valence-corrected chi connectivity index (χ1v) is 5.34. The van der Waals surface area contributed by atoms with Crippen molar-refractivity contribution >= 4 is 6.09 Å². The average molecular weight is 211 g/mol. The normalized spacial score (nSPS) is 9.47. The average Bonchev–Trinajstić information content (AvgIpc) is 2.17. The van der Waals surface area contributed by atoms with Crippen LogP contribution in [-0.2, 0) is 4.74 Å². The van der Waals surface area contributed by atoms with Gasteiger partial charge in [-0.2, -0.15) is 0 Å². The Morgan fingerprint density at radius 2 is 2.13 bits per heavy atom. The van der Waals surface area contributed by atoms with Crippen molar-refractivity contribution in [2.75, 3.05) is 13.2 Å². The number of rotatable bonds is 7. The number of nitrogens with zero attached hydrogens (tertiary/aromatic N) is 1. The Morgan fingerprint density at radius 1 is 1.47 bits per heavy atom. The van der Waals surface area contributed by atoms with Crippen molar-refractivity contribution in [1.29, 1.82) is 0 Å². The minimum atomic E-state index is -0.302. The van der Waals surface area contributed by atoms with Crippen LogP contribution in [0.25, 0.3) is 0 Å². The molecule has 15 heavy (non-hydrogen) atoms. The highest BCUT2D eigenvalue weighted by atomic mass is 16.6. The number of unbranched alkanes of at least 4 members (excludes halogenated alkanes) is 2. The van der Waals surface area contributed by atoms with Gasteiger partial charge in [0.25, 0.3) is 0 Å². The van der Waals surface area contributed by atoms with E-state index in [0.717, 1.165) is 25.0 Å². The minimum absolute atomic E-state index is 0.302. The molecule has 0 aliphatic heterocycles. The SMILES string of the molecule is C=CCCCCN(C(=C)C)C(=O)OCC. The van der Waals surface area contributed by atoms with Crippen LogP contribution in [0.5, 0.6) is 0 Å². The fourth-order valence-corrected chi connectivity index (χ4v) is 1.20. The van der Waals surface area contributed by atoms with E-state index in [2.05, 4.69) is 13.2 Å². The highest BCUT2D eigenvalue weighted by Crippen LogP contribution is 2.07. The summed E-state index contributed by atoms with van der Waals surface area (Å²) in [5.74, 6) is 0. The van der Waals surface area contributed by atoms with Crippen LogP contribution in [0.1, 0.15) is 33.1 Å². The van der Waals surface area contributed by atoms with Crippen molar-refractivity contribution in [2.45, 2.75) is 33.1 Å². The fourth-order valence-electron chi connectivity index (χ4n) is 1.20. The zero-order valence-corrected chi connectivity index (χ0v) is 9.79. The first-order valence-electron chi connectivity index (χ1n) is 5.34. The van der Waals surface area contributed by atoms with E-state index in [4.69, 9.17) is 4.74 Å². The second-order valence-electron chi connectivity index (χ2n) is 3.37. The molecule has 0 heterocycles. The molecule has 0 aliphatic carbocycles. The zero-order chi connectivity index (χ0) is 11.7. The van der Waals surface area contributed by atoms with Crippen LogP contribution >= 0.6 is 0 Å². The molecule has 0 aromatic rings. The molecule has 86 valence electrons. The lowest BCUT2D eigenvalue weighted by Crippen LogP contribution is -2.30. The Kier molecular flexibility index (Phi) is 7.42. The molecule has 0 saturated heterocycles. The minimum Gasteiger partial charge on any atom is -0.449 e. The van der Waals surface area contributed by atoms with Gasteiger partial charge in [0, 0.05) is 12.2 Å². The Balaban J connectivity index is 3.99.